The highest BCUT2D eigenvalue weighted by Gasteiger charge is 2.27. The molecule has 0 aromatic heterocycles. The largest absolute Gasteiger partial charge is 0.493 e. The zero-order valence-corrected chi connectivity index (χ0v) is 13.1. The van der Waals surface area contributed by atoms with Crippen LogP contribution < -0.4 is 15.2 Å². The normalized spacial score (nSPS) is 16.2. The molecule has 0 aliphatic carbocycles. The molecular formula is C14H21BrN2O2. The predicted molar refractivity (Wildman–Crippen MR) is 80.0 cm³/mol. The van der Waals surface area contributed by atoms with Crippen molar-refractivity contribution in [1.29, 1.82) is 0 Å². The lowest BCUT2D eigenvalue weighted by Gasteiger charge is -2.36. The van der Waals surface area contributed by atoms with Crippen molar-refractivity contribution in [2.45, 2.75) is 18.9 Å². The van der Waals surface area contributed by atoms with Crippen molar-refractivity contribution in [3.05, 3.63) is 22.2 Å². The van der Waals surface area contributed by atoms with E-state index in [1.54, 1.807) is 7.11 Å². The summed E-state index contributed by atoms with van der Waals surface area (Å²) in [7, 11) is 3.77. The molecule has 106 valence electrons. The van der Waals surface area contributed by atoms with Crippen LogP contribution in [0.1, 0.15) is 12.0 Å². The zero-order chi connectivity index (χ0) is 13.8. The van der Waals surface area contributed by atoms with Gasteiger partial charge in [0.25, 0.3) is 0 Å². The summed E-state index contributed by atoms with van der Waals surface area (Å²) in [5.74, 6) is 1.66. The summed E-state index contributed by atoms with van der Waals surface area (Å²) in [5.41, 5.74) is 6.76. The number of benzene rings is 1. The third-order valence-electron chi connectivity index (χ3n) is 3.28. The Morgan fingerprint density at radius 1 is 1.42 bits per heavy atom. The molecule has 0 atom stereocenters. The number of likely N-dealkylation sites (tertiary alicyclic amines) is 1. The van der Waals surface area contributed by atoms with Crippen LogP contribution in [-0.4, -0.2) is 44.8 Å². The van der Waals surface area contributed by atoms with Gasteiger partial charge in [-0.15, -0.1) is 0 Å². The van der Waals surface area contributed by atoms with Crippen molar-refractivity contribution < 1.29 is 9.47 Å². The number of aryl methyl sites for hydroxylation is 1. The molecule has 0 spiro atoms. The van der Waals surface area contributed by atoms with Gasteiger partial charge in [0.1, 0.15) is 6.10 Å². The van der Waals surface area contributed by atoms with Gasteiger partial charge in [-0.3, -0.25) is 4.90 Å². The minimum Gasteiger partial charge on any atom is -0.493 e. The summed E-state index contributed by atoms with van der Waals surface area (Å²) in [6.45, 7) is 2.62. The molecule has 2 N–H and O–H groups in total. The van der Waals surface area contributed by atoms with Gasteiger partial charge in [0.2, 0.25) is 0 Å². The molecule has 1 fully saturated rings. The van der Waals surface area contributed by atoms with E-state index in [1.807, 2.05) is 6.07 Å². The molecule has 1 saturated heterocycles. The predicted octanol–water partition coefficient (Wildman–Crippen LogP) is 2.04. The van der Waals surface area contributed by atoms with Crippen LogP contribution in [0.3, 0.4) is 0 Å². The van der Waals surface area contributed by atoms with Crippen LogP contribution in [-0.2, 0) is 6.42 Å². The maximum atomic E-state index is 6.10. The monoisotopic (exact) mass is 328 g/mol. The average Bonchev–Trinajstić information content (AvgIpc) is 2.36. The van der Waals surface area contributed by atoms with Crippen LogP contribution in [0.2, 0.25) is 0 Å². The van der Waals surface area contributed by atoms with Gasteiger partial charge in [0.15, 0.2) is 11.5 Å². The summed E-state index contributed by atoms with van der Waals surface area (Å²) in [6.07, 6.45) is 2.11. The summed E-state index contributed by atoms with van der Waals surface area (Å²) in [4.78, 5) is 2.23. The lowest BCUT2D eigenvalue weighted by atomic mass is 10.1. The van der Waals surface area contributed by atoms with Crippen molar-refractivity contribution in [3.8, 4) is 11.5 Å². The lowest BCUT2D eigenvalue weighted by Crippen LogP contribution is -2.51. The SMILES string of the molecule is COc1cc(Br)cc(CCCN)c1OC1CN(C)C1. The first-order valence-electron chi connectivity index (χ1n) is 6.55. The Kier molecular flexibility index (Phi) is 5.07. The Morgan fingerprint density at radius 2 is 2.16 bits per heavy atom. The number of nitrogens with two attached hydrogens (primary N) is 1. The van der Waals surface area contributed by atoms with Gasteiger partial charge < -0.3 is 15.2 Å². The number of rotatable bonds is 6. The van der Waals surface area contributed by atoms with E-state index >= 15 is 0 Å². The highest BCUT2D eigenvalue weighted by molar-refractivity contribution is 9.10. The van der Waals surface area contributed by atoms with Crippen LogP contribution >= 0.6 is 15.9 Å². The van der Waals surface area contributed by atoms with Crippen molar-refractivity contribution in [1.82, 2.24) is 4.90 Å². The number of ether oxygens (including phenoxy) is 2. The molecule has 0 bridgehead atoms. The van der Waals surface area contributed by atoms with E-state index < -0.39 is 0 Å². The van der Waals surface area contributed by atoms with E-state index in [0.29, 0.717) is 6.54 Å². The van der Waals surface area contributed by atoms with Crippen molar-refractivity contribution in [3.63, 3.8) is 0 Å². The highest BCUT2D eigenvalue weighted by atomic mass is 79.9. The third kappa shape index (κ3) is 3.61. The molecule has 1 heterocycles. The number of hydrogen-bond acceptors (Lipinski definition) is 4. The lowest BCUT2D eigenvalue weighted by molar-refractivity contribution is 0.0362. The molecule has 1 aromatic carbocycles. The fourth-order valence-corrected chi connectivity index (χ4v) is 2.75. The molecule has 0 unspecified atom stereocenters. The van der Waals surface area contributed by atoms with Crippen LogP contribution in [0.4, 0.5) is 0 Å². The number of methoxy groups -OCH3 is 1. The second kappa shape index (κ2) is 6.59. The van der Waals surface area contributed by atoms with Crippen LogP contribution in [0.15, 0.2) is 16.6 Å². The van der Waals surface area contributed by atoms with Gasteiger partial charge in [0, 0.05) is 17.6 Å². The first kappa shape index (κ1) is 14.6. The van der Waals surface area contributed by atoms with E-state index in [1.165, 1.54) is 0 Å². The molecule has 0 saturated carbocycles. The zero-order valence-electron chi connectivity index (χ0n) is 11.5. The number of halogens is 1. The second-order valence-corrected chi connectivity index (χ2v) is 5.87. The van der Waals surface area contributed by atoms with Gasteiger partial charge in [-0.25, -0.2) is 0 Å². The van der Waals surface area contributed by atoms with Gasteiger partial charge in [-0.1, -0.05) is 15.9 Å². The maximum absolute atomic E-state index is 6.10. The van der Waals surface area contributed by atoms with Gasteiger partial charge in [0.05, 0.1) is 7.11 Å². The molecule has 19 heavy (non-hydrogen) atoms. The Balaban J connectivity index is 2.20. The molecular weight excluding hydrogens is 308 g/mol. The third-order valence-corrected chi connectivity index (χ3v) is 3.74. The Hall–Kier alpha value is -0.780. The van der Waals surface area contributed by atoms with E-state index in [0.717, 1.165) is 47.5 Å². The molecule has 4 nitrogen and oxygen atoms in total. The quantitative estimate of drug-likeness (QED) is 0.868. The van der Waals surface area contributed by atoms with E-state index in [9.17, 15) is 0 Å². The summed E-state index contributed by atoms with van der Waals surface area (Å²) < 4.78 is 12.5. The van der Waals surface area contributed by atoms with Gasteiger partial charge >= 0.3 is 0 Å². The summed E-state index contributed by atoms with van der Waals surface area (Å²) in [6, 6.07) is 4.04. The molecule has 0 radical (unpaired) electrons. The van der Waals surface area contributed by atoms with Crippen LogP contribution in [0.5, 0.6) is 11.5 Å². The minimum absolute atomic E-state index is 0.261. The van der Waals surface area contributed by atoms with Crippen molar-refractivity contribution in [2.24, 2.45) is 5.73 Å². The molecule has 1 aromatic rings. The Morgan fingerprint density at radius 3 is 2.74 bits per heavy atom. The van der Waals surface area contributed by atoms with E-state index in [4.69, 9.17) is 15.2 Å². The minimum atomic E-state index is 0.261. The first-order chi connectivity index (χ1) is 9.13. The standard InChI is InChI=1S/C14H21BrN2O2/c1-17-8-12(9-17)19-14-10(4-3-5-16)6-11(15)7-13(14)18-2/h6-7,12H,3-5,8-9,16H2,1-2H3. The van der Waals surface area contributed by atoms with Gasteiger partial charge in [-0.05, 0) is 44.1 Å². The topological polar surface area (TPSA) is 47.7 Å². The first-order valence-corrected chi connectivity index (χ1v) is 7.35. The highest BCUT2D eigenvalue weighted by Crippen LogP contribution is 2.37. The smallest absolute Gasteiger partial charge is 0.164 e. The van der Waals surface area contributed by atoms with E-state index in [2.05, 4.69) is 33.9 Å². The van der Waals surface area contributed by atoms with Crippen molar-refractivity contribution in [2.75, 3.05) is 33.8 Å². The van der Waals surface area contributed by atoms with Crippen LogP contribution in [0.25, 0.3) is 0 Å². The molecule has 1 aliphatic heterocycles. The Labute approximate surface area is 123 Å². The average molecular weight is 329 g/mol. The van der Waals surface area contributed by atoms with Crippen molar-refractivity contribution >= 4 is 15.9 Å². The second-order valence-electron chi connectivity index (χ2n) is 4.95. The Bertz CT molecular complexity index is 434. The maximum Gasteiger partial charge on any atom is 0.164 e. The van der Waals surface area contributed by atoms with Gasteiger partial charge in [-0.2, -0.15) is 0 Å². The summed E-state index contributed by atoms with van der Waals surface area (Å²) in [5, 5.41) is 0. The molecule has 1 aliphatic rings. The fourth-order valence-electron chi connectivity index (χ4n) is 2.27. The molecule has 2 rings (SSSR count). The molecule has 5 heteroatoms. The van der Waals surface area contributed by atoms with Crippen LogP contribution in [0, 0.1) is 0 Å². The molecule has 0 amide bonds. The fraction of sp³-hybridized carbons (Fsp3) is 0.571. The number of nitrogens with zero attached hydrogens (tertiary/aromatic N) is 1. The number of likely N-dealkylation sites (N-methyl/N-ethyl adjacent to an activating group) is 1. The summed E-state index contributed by atoms with van der Waals surface area (Å²) >= 11 is 3.51. The number of hydrogen-bond donors (Lipinski definition) is 1. The van der Waals surface area contributed by atoms with E-state index in [-0.39, 0.29) is 6.10 Å².